The highest BCUT2D eigenvalue weighted by Crippen LogP contribution is 2.39. The number of rotatable bonds is 7. The van der Waals surface area contributed by atoms with E-state index in [0.717, 1.165) is 62.2 Å². The van der Waals surface area contributed by atoms with Crippen molar-refractivity contribution < 1.29 is 9.84 Å². The van der Waals surface area contributed by atoms with E-state index in [4.69, 9.17) is 14.7 Å². The first-order chi connectivity index (χ1) is 13.7. The largest absolute Gasteiger partial charge is 0.395 e. The lowest BCUT2D eigenvalue weighted by Gasteiger charge is -2.26. The Labute approximate surface area is 175 Å². The van der Waals surface area contributed by atoms with Gasteiger partial charge in [-0.2, -0.15) is 11.8 Å². The van der Waals surface area contributed by atoms with Gasteiger partial charge in [0.25, 0.3) is 0 Å². The van der Waals surface area contributed by atoms with E-state index in [1.165, 1.54) is 28.7 Å². The standard InChI is InChI=1S/C20H30N4O2S2/c1-13(16(12-25)27-2)21-19-18-14-5-3-4-6-15(14)28-20(18)23-17(22-19)11-24-7-9-26-10-8-24/h13,16,25H,3-12H2,1-2H3,(H,21,22,23). The van der Waals surface area contributed by atoms with Crippen molar-refractivity contribution in [2.75, 3.05) is 44.5 Å². The number of nitrogens with one attached hydrogen (secondary N) is 1. The molecular weight excluding hydrogens is 392 g/mol. The molecule has 6 nitrogen and oxygen atoms in total. The molecule has 1 fully saturated rings. The van der Waals surface area contributed by atoms with Gasteiger partial charge in [-0.3, -0.25) is 4.90 Å². The molecule has 3 heterocycles. The number of thiophene rings is 1. The molecule has 0 aromatic carbocycles. The van der Waals surface area contributed by atoms with Crippen molar-refractivity contribution >= 4 is 39.1 Å². The molecule has 28 heavy (non-hydrogen) atoms. The molecular formula is C20H30N4O2S2. The van der Waals surface area contributed by atoms with E-state index < -0.39 is 0 Å². The molecule has 2 N–H and O–H groups in total. The summed E-state index contributed by atoms with van der Waals surface area (Å²) in [4.78, 5) is 14.9. The van der Waals surface area contributed by atoms with Gasteiger partial charge in [-0.05, 0) is 44.4 Å². The summed E-state index contributed by atoms with van der Waals surface area (Å²) < 4.78 is 5.47. The zero-order chi connectivity index (χ0) is 19.5. The molecule has 2 atom stereocenters. The molecule has 2 aromatic rings. The Morgan fingerprint density at radius 2 is 2.04 bits per heavy atom. The van der Waals surface area contributed by atoms with Crippen molar-refractivity contribution in [3.8, 4) is 0 Å². The quantitative estimate of drug-likeness (QED) is 0.711. The monoisotopic (exact) mass is 422 g/mol. The Morgan fingerprint density at radius 1 is 1.25 bits per heavy atom. The number of morpholine rings is 1. The first-order valence-corrected chi connectivity index (χ1v) is 12.3. The smallest absolute Gasteiger partial charge is 0.146 e. The van der Waals surface area contributed by atoms with E-state index >= 15 is 0 Å². The molecule has 1 aliphatic heterocycles. The van der Waals surface area contributed by atoms with Gasteiger partial charge in [0.15, 0.2) is 0 Å². The number of nitrogens with zero attached hydrogens (tertiary/aromatic N) is 3. The first kappa shape index (κ1) is 20.3. The second-order valence-corrected chi connectivity index (χ2v) is 9.82. The number of fused-ring (bicyclic) bond motifs is 3. The summed E-state index contributed by atoms with van der Waals surface area (Å²) in [6.07, 6.45) is 6.84. The zero-order valence-corrected chi connectivity index (χ0v) is 18.4. The predicted molar refractivity (Wildman–Crippen MR) is 118 cm³/mol. The van der Waals surface area contributed by atoms with Gasteiger partial charge >= 0.3 is 0 Å². The number of aromatic nitrogens is 2. The third-order valence-corrected chi connectivity index (χ3v) is 8.08. The minimum atomic E-state index is 0.133. The van der Waals surface area contributed by atoms with Crippen molar-refractivity contribution in [3.63, 3.8) is 0 Å². The zero-order valence-electron chi connectivity index (χ0n) is 16.7. The average Bonchev–Trinajstić information content (AvgIpc) is 3.08. The number of aryl methyl sites for hydroxylation is 2. The van der Waals surface area contributed by atoms with Crippen LogP contribution >= 0.6 is 23.1 Å². The van der Waals surface area contributed by atoms with E-state index in [9.17, 15) is 5.11 Å². The molecule has 0 bridgehead atoms. The highest BCUT2D eigenvalue weighted by molar-refractivity contribution is 7.99. The fraction of sp³-hybridized carbons (Fsp3) is 0.700. The summed E-state index contributed by atoms with van der Waals surface area (Å²) in [5.74, 6) is 1.83. The molecule has 1 aliphatic carbocycles. The normalized spacial score (nSPS) is 20.1. The summed E-state index contributed by atoms with van der Waals surface area (Å²) in [6, 6.07) is 0.133. The summed E-state index contributed by atoms with van der Waals surface area (Å²) in [5, 5.41) is 14.7. The van der Waals surface area contributed by atoms with Gasteiger partial charge in [-0.1, -0.05) is 0 Å². The van der Waals surface area contributed by atoms with E-state index in [1.54, 1.807) is 11.8 Å². The molecule has 0 radical (unpaired) electrons. The Hall–Kier alpha value is -0.930. The molecule has 0 spiro atoms. The van der Waals surface area contributed by atoms with Crippen LogP contribution in [0.15, 0.2) is 0 Å². The van der Waals surface area contributed by atoms with Crippen LogP contribution in [0, 0.1) is 0 Å². The van der Waals surface area contributed by atoms with Gasteiger partial charge in [-0.25, -0.2) is 9.97 Å². The highest BCUT2D eigenvalue weighted by Gasteiger charge is 2.24. The third kappa shape index (κ3) is 4.31. The van der Waals surface area contributed by atoms with Crippen LogP contribution < -0.4 is 5.32 Å². The molecule has 4 rings (SSSR count). The van der Waals surface area contributed by atoms with Crippen LogP contribution in [0.3, 0.4) is 0 Å². The Kier molecular flexibility index (Phi) is 6.73. The van der Waals surface area contributed by atoms with Crippen molar-refractivity contribution in [1.29, 1.82) is 0 Å². The number of thioether (sulfide) groups is 1. The van der Waals surface area contributed by atoms with E-state index in [0.29, 0.717) is 0 Å². The van der Waals surface area contributed by atoms with Crippen LogP contribution in [0.5, 0.6) is 0 Å². The van der Waals surface area contributed by atoms with E-state index in [1.807, 2.05) is 17.6 Å². The van der Waals surface area contributed by atoms with Crippen molar-refractivity contribution in [3.05, 3.63) is 16.3 Å². The lowest BCUT2D eigenvalue weighted by atomic mass is 9.97. The van der Waals surface area contributed by atoms with Gasteiger partial charge in [0.2, 0.25) is 0 Å². The maximum absolute atomic E-state index is 9.70. The molecule has 2 unspecified atom stereocenters. The fourth-order valence-corrected chi connectivity index (χ4v) is 5.99. The molecule has 2 aliphatic rings. The number of hydrogen-bond acceptors (Lipinski definition) is 8. The minimum absolute atomic E-state index is 0.133. The first-order valence-electron chi connectivity index (χ1n) is 10.2. The highest BCUT2D eigenvalue weighted by atomic mass is 32.2. The topological polar surface area (TPSA) is 70.5 Å². The Balaban J connectivity index is 1.69. The predicted octanol–water partition coefficient (Wildman–Crippen LogP) is 2.93. The van der Waals surface area contributed by atoms with E-state index in [-0.39, 0.29) is 17.9 Å². The Bertz CT molecular complexity index is 803. The molecule has 154 valence electrons. The molecule has 1 saturated heterocycles. The van der Waals surface area contributed by atoms with Gasteiger partial charge < -0.3 is 15.2 Å². The SMILES string of the molecule is CSC(CO)C(C)Nc1nc(CN2CCOCC2)nc2sc3c(c12)CCCC3. The van der Waals surface area contributed by atoms with Gasteiger partial charge in [0.05, 0.1) is 31.8 Å². The van der Waals surface area contributed by atoms with Crippen molar-refractivity contribution in [2.24, 2.45) is 0 Å². The van der Waals surface area contributed by atoms with Gasteiger partial charge in [-0.15, -0.1) is 11.3 Å². The molecule has 0 saturated carbocycles. The number of anilines is 1. The van der Waals surface area contributed by atoms with Crippen LogP contribution in [-0.2, 0) is 24.1 Å². The van der Waals surface area contributed by atoms with Crippen LogP contribution in [0.2, 0.25) is 0 Å². The average molecular weight is 423 g/mol. The van der Waals surface area contributed by atoms with Gasteiger partial charge in [0, 0.05) is 29.3 Å². The molecule has 0 amide bonds. The molecule has 8 heteroatoms. The minimum Gasteiger partial charge on any atom is -0.395 e. The van der Waals surface area contributed by atoms with Crippen molar-refractivity contribution in [1.82, 2.24) is 14.9 Å². The van der Waals surface area contributed by atoms with E-state index in [2.05, 4.69) is 17.1 Å². The second kappa shape index (κ2) is 9.26. The second-order valence-electron chi connectivity index (χ2n) is 7.66. The lowest BCUT2D eigenvalue weighted by Crippen LogP contribution is -2.36. The maximum atomic E-state index is 9.70. The Morgan fingerprint density at radius 3 is 2.79 bits per heavy atom. The summed E-state index contributed by atoms with van der Waals surface area (Å²) >= 11 is 3.54. The molecule has 2 aromatic heterocycles. The summed E-state index contributed by atoms with van der Waals surface area (Å²) in [7, 11) is 0. The lowest BCUT2D eigenvalue weighted by molar-refractivity contribution is 0.0331. The number of aliphatic hydroxyl groups is 1. The third-order valence-electron chi connectivity index (χ3n) is 5.73. The number of ether oxygens (including phenoxy) is 1. The van der Waals surface area contributed by atoms with Crippen LogP contribution in [0.1, 0.15) is 36.0 Å². The van der Waals surface area contributed by atoms with Crippen LogP contribution in [0.4, 0.5) is 5.82 Å². The summed E-state index contributed by atoms with van der Waals surface area (Å²) in [5.41, 5.74) is 1.45. The van der Waals surface area contributed by atoms with Crippen LogP contribution in [-0.4, -0.2) is 70.4 Å². The van der Waals surface area contributed by atoms with Crippen LogP contribution in [0.25, 0.3) is 10.2 Å². The summed E-state index contributed by atoms with van der Waals surface area (Å²) in [6.45, 7) is 6.48. The number of aliphatic hydroxyl groups excluding tert-OH is 1. The number of hydrogen-bond donors (Lipinski definition) is 2. The maximum Gasteiger partial charge on any atom is 0.146 e. The van der Waals surface area contributed by atoms with Gasteiger partial charge in [0.1, 0.15) is 16.5 Å². The van der Waals surface area contributed by atoms with Crippen molar-refractivity contribution in [2.45, 2.75) is 50.4 Å². The fourth-order valence-electron chi connectivity index (χ4n) is 4.08.